The van der Waals surface area contributed by atoms with E-state index in [0.29, 0.717) is 25.0 Å². The van der Waals surface area contributed by atoms with Gasteiger partial charge in [-0.15, -0.1) is 24.0 Å². The fourth-order valence-electron chi connectivity index (χ4n) is 2.04. The molecule has 1 heterocycles. The lowest BCUT2D eigenvalue weighted by atomic mass is 10.1. The van der Waals surface area contributed by atoms with Gasteiger partial charge in [-0.05, 0) is 19.8 Å². The van der Waals surface area contributed by atoms with Gasteiger partial charge < -0.3 is 25.0 Å². The Morgan fingerprint density at radius 3 is 2.76 bits per heavy atom. The number of nitrogens with zero attached hydrogens (tertiary/aromatic N) is 2. The molecular formula is C17H33IN4O3. The Labute approximate surface area is 168 Å². The van der Waals surface area contributed by atoms with Crippen LogP contribution in [-0.2, 0) is 14.3 Å². The first kappa shape index (κ1) is 24.1. The summed E-state index contributed by atoms with van der Waals surface area (Å²) >= 11 is 0. The van der Waals surface area contributed by atoms with Crippen molar-refractivity contribution in [2.75, 3.05) is 60.2 Å². The lowest BCUT2D eigenvalue weighted by Crippen LogP contribution is -2.40. The van der Waals surface area contributed by atoms with E-state index in [1.165, 1.54) is 4.90 Å². The van der Waals surface area contributed by atoms with Crippen LogP contribution in [0.4, 0.5) is 0 Å². The quantitative estimate of drug-likeness (QED) is 0.166. The number of halogens is 1. The molecule has 1 unspecified atom stereocenters. The lowest BCUT2D eigenvalue weighted by molar-refractivity contribution is -0.127. The zero-order chi connectivity index (χ0) is 17.8. The van der Waals surface area contributed by atoms with Crippen molar-refractivity contribution in [2.24, 2.45) is 10.9 Å². The minimum Gasteiger partial charge on any atom is -0.381 e. The van der Waals surface area contributed by atoms with Crippen molar-refractivity contribution in [3.05, 3.63) is 12.2 Å². The third-order valence-electron chi connectivity index (χ3n) is 3.56. The average molecular weight is 468 g/mol. The maximum atomic E-state index is 11.6. The van der Waals surface area contributed by atoms with Gasteiger partial charge in [-0.3, -0.25) is 4.79 Å². The number of hydrogen-bond acceptors (Lipinski definition) is 4. The van der Waals surface area contributed by atoms with Crippen molar-refractivity contribution in [1.82, 2.24) is 15.5 Å². The van der Waals surface area contributed by atoms with Crippen molar-refractivity contribution in [3.63, 3.8) is 0 Å². The number of rotatable bonds is 10. The number of carbonyl (C=O) groups excluding carboxylic acids is 1. The van der Waals surface area contributed by atoms with Crippen LogP contribution in [0.3, 0.4) is 0 Å². The summed E-state index contributed by atoms with van der Waals surface area (Å²) < 4.78 is 11.0. The van der Waals surface area contributed by atoms with Crippen LogP contribution in [-0.4, -0.2) is 76.9 Å². The molecule has 1 aliphatic heterocycles. The normalized spacial score (nSPS) is 16.9. The zero-order valence-electron chi connectivity index (χ0n) is 15.7. The second-order valence-electron chi connectivity index (χ2n) is 6.35. The van der Waals surface area contributed by atoms with Gasteiger partial charge in [0.15, 0.2) is 5.96 Å². The van der Waals surface area contributed by atoms with Crippen LogP contribution in [0.1, 0.15) is 19.8 Å². The molecule has 1 saturated heterocycles. The third-order valence-corrected chi connectivity index (χ3v) is 3.56. The number of aliphatic imine (C=N–C) groups is 1. The lowest BCUT2D eigenvalue weighted by Gasteiger charge is -2.14. The molecule has 2 N–H and O–H groups in total. The molecule has 0 saturated carbocycles. The van der Waals surface area contributed by atoms with Gasteiger partial charge in [0.05, 0.1) is 13.2 Å². The van der Waals surface area contributed by atoms with Gasteiger partial charge in [0.25, 0.3) is 0 Å². The maximum absolute atomic E-state index is 11.6. The van der Waals surface area contributed by atoms with Gasteiger partial charge in [0.2, 0.25) is 5.91 Å². The maximum Gasteiger partial charge on any atom is 0.243 e. The van der Waals surface area contributed by atoms with E-state index in [2.05, 4.69) is 22.2 Å². The highest BCUT2D eigenvalue weighted by Gasteiger charge is 2.15. The summed E-state index contributed by atoms with van der Waals surface area (Å²) in [4.78, 5) is 17.5. The smallest absolute Gasteiger partial charge is 0.243 e. The SMILES string of the molecule is C=C(C)CNC(=NCC(=O)N(C)C)NCCCOCC1CCOC1.I. The molecule has 8 heteroatoms. The molecule has 1 fully saturated rings. The predicted octanol–water partition coefficient (Wildman–Crippen LogP) is 1.25. The summed E-state index contributed by atoms with van der Waals surface area (Å²) in [5, 5.41) is 6.38. The van der Waals surface area contributed by atoms with E-state index in [1.54, 1.807) is 14.1 Å². The van der Waals surface area contributed by atoms with Gasteiger partial charge in [0.1, 0.15) is 6.54 Å². The molecule has 146 valence electrons. The number of hydrogen-bond donors (Lipinski definition) is 2. The Hall–Kier alpha value is -0.870. The molecule has 25 heavy (non-hydrogen) atoms. The van der Waals surface area contributed by atoms with Crippen molar-refractivity contribution in [2.45, 2.75) is 19.8 Å². The average Bonchev–Trinajstić information content (AvgIpc) is 3.05. The largest absolute Gasteiger partial charge is 0.381 e. The standard InChI is InChI=1S/C17H32N4O3.HI/c1-14(2)10-19-17(20-11-16(22)21(3)4)18-7-5-8-23-12-15-6-9-24-13-15;/h15H,1,5-13H2,2-4H3,(H2,18,19,20);1H. The van der Waals surface area contributed by atoms with Gasteiger partial charge >= 0.3 is 0 Å². The summed E-state index contributed by atoms with van der Waals surface area (Å²) in [5.74, 6) is 1.13. The van der Waals surface area contributed by atoms with Crippen molar-refractivity contribution >= 4 is 35.8 Å². The van der Waals surface area contributed by atoms with Gasteiger partial charge in [-0.2, -0.15) is 0 Å². The first-order valence-corrected chi connectivity index (χ1v) is 8.51. The molecule has 1 rings (SSSR count). The summed E-state index contributed by atoms with van der Waals surface area (Å²) in [5.41, 5.74) is 1.01. The van der Waals surface area contributed by atoms with E-state index in [1.807, 2.05) is 6.92 Å². The molecule has 0 radical (unpaired) electrons. The molecule has 0 spiro atoms. The van der Waals surface area contributed by atoms with Crippen molar-refractivity contribution < 1.29 is 14.3 Å². The molecule has 7 nitrogen and oxygen atoms in total. The van der Waals surface area contributed by atoms with Crippen LogP contribution in [0.5, 0.6) is 0 Å². The number of nitrogens with one attached hydrogen (secondary N) is 2. The van der Waals surface area contributed by atoms with Gasteiger partial charge in [0, 0.05) is 46.3 Å². The van der Waals surface area contributed by atoms with Crippen LogP contribution < -0.4 is 10.6 Å². The van der Waals surface area contributed by atoms with Gasteiger partial charge in [-0.25, -0.2) is 4.99 Å². The van der Waals surface area contributed by atoms with E-state index in [4.69, 9.17) is 9.47 Å². The minimum absolute atomic E-state index is 0. The summed E-state index contributed by atoms with van der Waals surface area (Å²) in [6.07, 6.45) is 1.97. The van der Waals surface area contributed by atoms with E-state index < -0.39 is 0 Å². The highest BCUT2D eigenvalue weighted by Crippen LogP contribution is 2.12. The number of guanidine groups is 1. The Bertz CT molecular complexity index is 424. The molecule has 0 aromatic rings. The molecule has 1 aliphatic rings. The van der Waals surface area contributed by atoms with Crippen LogP contribution >= 0.6 is 24.0 Å². The Morgan fingerprint density at radius 1 is 1.40 bits per heavy atom. The summed E-state index contributed by atoms with van der Waals surface area (Å²) in [7, 11) is 3.44. The van der Waals surface area contributed by atoms with E-state index in [0.717, 1.165) is 44.8 Å². The Morgan fingerprint density at radius 2 is 2.16 bits per heavy atom. The number of ether oxygens (including phenoxy) is 2. The fraction of sp³-hybridized carbons (Fsp3) is 0.765. The highest BCUT2D eigenvalue weighted by atomic mass is 127. The van der Waals surface area contributed by atoms with E-state index >= 15 is 0 Å². The summed E-state index contributed by atoms with van der Waals surface area (Å²) in [6.45, 7) is 10.4. The van der Waals surface area contributed by atoms with Crippen LogP contribution in [0.2, 0.25) is 0 Å². The molecule has 1 amide bonds. The van der Waals surface area contributed by atoms with Crippen LogP contribution in [0.15, 0.2) is 17.1 Å². The number of amides is 1. The Balaban J connectivity index is 0.00000576. The molecule has 0 bridgehead atoms. The third kappa shape index (κ3) is 12.2. The molecule has 0 aromatic heterocycles. The van der Waals surface area contributed by atoms with Crippen molar-refractivity contribution in [3.8, 4) is 0 Å². The van der Waals surface area contributed by atoms with E-state index in [-0.39, 0.29) is 36.4 Å². The second-order valence-corrected chi connectivity index (χ2v) is 6.35. The molecule has 1 atom stereocenters. The zero-order valence-corrected chi connectivity index (χ0v) is 18.0. The first-order chi connectivity index (χ1) is 11.5. The number of carbonyl (C=O) groups is 1. The van der Waals surface area contributed by atoms with Crippen molar-refractivity contribution in [1.29, 1.82) is 0 Å². The van der Waals surface area contributed by atoms with Gasteiger partial charge in [-0.1, -0.05) is 12.2 Å². The fourth-order valence-corrected chi connectivity index (χ4v) is 2.04. The predicted molar refractivity (Wildman–Crippen MR) is 112 cm³/mol. The van der Waals surface area contributed by atoms with Crippen LogP contribution in [0, 0.1) is 5.92 Å². The monoisotopic (exact) mass is 468 g/mol. The minimum atomic E-state index is -0.0338. The first-order valence-electron chi connectivity index (χ1n) is 8.51. The highest BCUT2D eigenvalue weighted by molar-refractivity contribution is 14.0. The molecule has 0 aromatic carbocycles. The number of likely N-dealkylation sites (N-methyl/N-ethyl adjacent to an activating group) is 1. The topological polar surface area (TPSA) is 75.2 Å². The summed E-state index contributed by atoms with van der Waals surface area (Å²) in [6, 6.07) is 0. The van der Waals surface area contributed by atoms with Crippen LogP contribution in [0.25, 0.3) is 0 Å². The molecular weight excluding hydrogens is 435 g/mol. The Kier molecular flexibility index (Phi) is 13.8. The second kappa shape index (κ2) is 14.3. The molecule has 0 aliphatic carbocycles. The van der Waals surface area contributed by atoms with E-state index in [9.17, 15) is 4.79 Å².